The number of unbranched alkanes of at least 4 members (excludes halogenated alkanes) is 1. The minimum absolute atomic E-state index is 0.0547. The molecular formula is C16H32N2O. The van der Waals surface area contributed by atoms with E-state index in [1.807, 2.05) is 6.92 Å². The zero-order valence-electron chi connectivity index (χ0n) is 13.0. The third kappa shape index (κ3) is 7.56. The fraction of sp³-hybridized carbons (Fsp3) is 0.938. The van der Waals surface area contributed by atoms with E-state index in [0.717, 1.165) is 25.3 Å². The minimum Gasteiger partial charge on any atom is -0.352 e. The number of hydrogen-bond donors (Lipinski definition) is 2. The summed E-state index contributed by atoms with van der Waals surface area (Å²) in [6.07, 6.45) is 9.88. The summed E-state index contributed by atoms with van der Waals surface area (Å²) in [6, 6.07) is 0.368. The highest BCUT2D eigenvalue weighted by molar-refractivity contribution is 5.81. The number of nitrogens with one attached hydrogen (secondary N) is 2. The van der Waals surface area contributed by atoms with Crippen LogP contribution < -0.4 is 10.6 Å². The van der Waals surface area contributed by atoms with Gasteiger partial charge in [-0.3, -0.25) is 4.79 Å². The highest BCUT2D eigenvalue weighted by Crippen LogP contribution is 2.17. The van der Waals surface area contributed by atoms with Gasteiger partial charge in [0.25, 0.3) is 0 Å². The predicted octanol–water partition coefficient (Wildman–Crippen LogP) is 3.24. The maximum Gasteiger partial charge on any atom is 0.237 e. The van der Waals surface area contributed by atoms with Crippen molar-refractivity contribution in [3.63, 3.8) is 0 Å². The van der Waals surface area contributed by atoms with Gasteiger partial charge < -0.3 is 10.6 Å². The Morgan fingerprint density at radius 3 is 2.42 bits per heavy atom. The molecule has 1 amide bonds. The van der Waals surface area contributed by atoms with Crippen molar-refractivity contribution in [1.29, 1.82) is 0 Å². The first-order chi connectivity index (χ1) is 9.09. The molecule has 0 spiro atoms. The molecule has 1 unspecified atom stereocenters. The molecule has 1 atom stereocenters. The Kier molecular flexibility index (Phi) is 8.11. The Balaban J connectivity index is 2.07. The third-order valence-electron chi connectivity index (χ3n) is 4.00. The Labute approximate surface area is 118 Å². The number of amides is 1. The molecule has 0 bridgehead atoms. The summed E-state index contributed by atoms with van der Waals surface area (Å²) in [5.41, 5.74) is 0. The van der Waals surface area contributed by atoms with Crippen molar-refractivity contribution < 1.29 is 4.79 Å². The molecule has 1 fully saturated rings. The minimum atomic E-state index is -0.0547. The molecule has 0 aromatic heterocycles. The van der Waals surface area contributed by atoms with Gasteiger partial charge in [0.15, 0.2) is 0 Å². The second-order valence-corrected chi connectivity index (χ2v) is 6.41. The maximum atomic E-state index is 12.0. The van der Waals surface area contributed by atoms with E-state index in [2.05, 4.69) is 24.5 Å². The topological polar surface area (TPSA) is 41.1 Å². The first-order valence-electron chi connectivity index (χ1n) is 8.13. The Morgan fingerprint density at radius 2 is 1.79 bits per heavy atom. The molecule has 0 aromatic rings. The van der Waals surface area contributed by atoms with Crippen molar-refractivity contribution in [2.75, 3.05) is 6.54 Å². The van der Waals surface area contributed by atoms with Crippen LogP contribution in [0, 0.1) is 5.92 Å². The van der Waals surface area contributed by atoms with Gasteiger partial charge in [0, 0.05) is 6.04 Å². The summed E-state index contributed by atoms with van der Waals surface area (Å²) < 4.78 is 0. The van der Waals surface area contributed by atoms with Crippen molar-refractivity contribution in [3.8, 4) is 0 Å². The molecule has 19 heavy (non-hydrogen) atoms. The Bertz CT molecular complexity index is 247. The smallest absolute Gasteiger partial charge is 0.237 e. The van der Waals surface area contributed by atoms with Gasteiger partial charge in [-0.1, -0.05) is 46.0 Å². The summed E-state index contributed by atoms with van der Waals surface area (Å²) in [5, 5.41) is 6.51. The average molecular weight is 268 g/mol. The lowest BCUT2D eigenvalue weighted by Gasteiger charge is -2.24. The van der Waals surface area contributed by atoms with Crippen molar-refractivity contribution in [2.24, 2.45) is 5.92 Å². The van der Waals surface area contributed by atoms with Gasteiger partial charge in [-0.05, 0) is 38.6 Å². The van der Waals surface area contributed by atoms with Crippen molar-refractivity contribution in [1.82, 2.24) is 10.6 Å². The van der Waals surface area contributed by atoms with Crippen LogP contribution in [0.5, 0.6) is 0 Å². The molecule has 1 aliphatic carbocycles. The van der Waals surface area contributed by atoms with Crippen LogP contribution in [0.25, 0.3) is 0 Å². The molecule has 0 aromatic carbocycles. The van der Waals surface area contributed by atoms with Crippen LogP contribution in [0.1, 0.15) is 72.1 Å². The SMILES string of the molecule is CC(C)CCCCNC(C)C(=O)NC1CCCCC1. The van der Waals surface area contributed by atoms with Gasteiger partial charge in [0.1, 0.15) is 0 Å². The van der Waals surface area contributed by atoms with Crippen LogP contribution in [0.3, 0.4) is 0 Å². The van der Waals surface area contributed by atoms with Crippen LogP contribution in [-0.4, -0.2) is 24.5 Å². The van der Waals surface area contributed by atoms with Gasteiger partial charge in [-0.2, -0.15) is 0 Å². The summed E-state index contributed by atoms with van der Waals surface area (Å²) in [5.74, 6) is 0.961. The van der Waals surface area contributed by atoms with E-state index in [-0.39, 0.29) is 11.9 Å². The monoisotopic (exact) mass is 268 g/mol. The summed E-state index contributed by atoms with van der Waals surface area (Å²) in [7, 11) is 0. The fourth-order valence-electron chi connectivity index (χ4n) is 2.66. The Hall–Kier alpha value is -0.570. The normalized spacial score (nSPS) is 18.5. The number of carbonyl (C=O) groups is 1. The van der Waals surface area contributed by atoms with E-state index in [0.29, 0.717) is 6.04 Å². The van der Waals surface area contributed by atoms with Gasteiger partial charge >= 0.3 is 0 Å². The average Bonchev–Trinajstić information content (AvgIpc) is 2.38. The summed E-state index contributed by atoms with van der Waals surface area (Å²) >= 11 is 0. The molecule has 0 aliphatic heterocycles. The molecule has 1 aliphatic rings. The largest absolute Gasteiger partial charge is 0.352 e. The molecule has 0 heterocycles. The second-order valence-electron chi connectivity index (χ2n) is 6.41. The van der Waals surface area contributed by atoms with Crippen LogP contribution in [0.15, 0.2) is 0 Å². The zero-order chi connectivity index (χ0) is 14.1. The number of hydrogen-bond acceptors (Lipinski definition) is 2. The van der Waals surface area contributed by atoms with Gasteiger partial charge in [-0.25, -0.2) is 0 Å². The lowest BCUT2D eigenvalue weighted by molar-refractivity contribution is -0.123. The van der Waals surface area contributed by atoms with Crippen LogP contribution >= 0.6 is 0 Å². The molecule has 3 heteroatoms. The molecule has 112 valence electrons. The lowest BCUT2D eigenvalue weighted by atomic mass is 9.95. The van der Waals surface area contributed by atoms with E-state index in [1.54, 1.807) is 0 Å². The molecular weight excluding hydrogens is 236 g/mol. The highest BCUT2D eigenvalue weighted by atomic mass is 16.2. The fourth-order valence-corrected chi connectivity index (χ4v) is 2.66. The van der Waals surface area contributed by atoms with Crippen molar-refractivity contribution >= 4 is 5.91 Å². The van der Waals surface area contributed by atoms with Gasteiger partial charge in [0.05, 0.1) is 6.04 Å². The maximum absolute atomic E-state index is 12.0. The van der Waals surface area contributed by atoms with Gasteiger partial charge in [0.2, 0.25) is 5.91 Å². The first kappa shape index (κ1) is 16.5. The molecule has 1 rings (SSSR count). The highest BCUT2D eigenvalue weighted by Gasteiger charge is 2.18. The molecule has 0 saturated heterocycles. The van der Waals surface area contributed by atoms with Crippen LogP contribution in [0.4, 0.5) is 0 Å². The van der Waals surface area contributed by atoms with E-state index >= 15 is 0 Å². The molecule has 1 saturated carbocycles. The predicted molar refractivity (Wildman–Crippen MR) is 81.2 cm³/mol. The van der Waals surface area contributed by atoms with E-state index < -0.39 is 0 Å². The number of rotatable bonds is 8. The Morgan fingerprint density at radius 1 is 1.11 bits per heavy atom. The van der Waals surface area contributed by atoms with Crippen molar-refractivity contribution in [2.45, 2.75) is 84.2 Å². The summed E-state index contributed by atoms with van der Waals surface area (Å²) in [4.78, 5) is 12.0. The van der Waals surface area contributed by atoms with Gasteiger partial charge in [-0.15, -0.1) is 0 Å². The van der Waals surface area contributed by atoms with E-state index in [9.17, 15) is 4.79 Å². The summed E-state index contributed by atoms with van der Waals surface area (Å²) in [6.45, 7) is 7.44. The lowest BCUT2D eigenvalue weighted by Crippen LogP contribution is -2.47. The van der Waals surface area contributed by atoms with Crippen LogP contribution in [-0.2, 0) is 4.79 Å². The van der Waals surface area contributed by atoms with E-state index in [4.69, 9.17) is 0 Å². The molecule has 0 radical (unpaired) electrons. The first-order valence-corrected chi connectivity index (χ1v) is 8.13. The molecule has 3 nitrogen and oxygen atoms in total. The standard InChI is InChI=1S/C16H32N2O/c1-13(2)9-7-8-12-17-14(3)16(19)18-15-10-5-4-6-11-15/h13-15,17H,4-12H2,1-3H3,(H,18,19). The van der Waals surface area contributed by atoms with Crippen LogP contribution in [0.2, 0.25) is 0 Å². The quantitative estimate of drug-likeness (QED) is 0.664. The third-order valence-corrected chi connectivity index (χ3v) is 4.00. The van der Waals surface area contributed by atoms with Crippen molar-refractivity contribution in [3.05, 3.63) is 0 Å². The molecule has 2 N–H and O–H groups in total. The second kappa shape index (κ2) is 9.35. The van der Waals surface area contributed by atoms with E-state index in [1.165, 1.54) is 38.5 Å². The zero-order valence-corrected chi connectivity index (χ0v) is 13.0. The number of carbonyl (C=O) groups excluding carboxylic acids is 1.